The molecule has 3 heterocycles. The highest BCUT2D eigenvalue weighted by Gasteiger charge is 2.14. The molecule has 0 fully saturated rings. The van der Waals surface area contributed by atoms with Crippen LogP contribution in [0.3, 0.4) is 0 Å². The molecule has 0 aliphatic heterocycles. The van der Waals surface area contributed by atoms with E-state index in [0.717, 1.165) is 29.5 Å². The summed E-state index contributed by atoms with van der Waals surface area (Å²) in [5.74, 6) is 1.20. The van der Waals surface area contributed by atoms with Gasteiger partial charge in [-0.1, -0.05) is 13.8 Å². The zero-order chi connectivity index (χ0) is 15.5. The number of nitrogens with one attached hydrogen (secondary N) is 1. The fourth-order valence-corrected chi connectivity index (χ4v) is 3.10. The lowest BCUT2D eigenvalue weighted by Gasteiger charge is -2.15. The lowest BCUT2D eigenvalue weighted by molar-refractivity contribution is 0.111. The molecule has 0 bridgehead atoms. The van der Waals surface area contributed by atoms with Crippen molar-refractivity contribution in [2.24, 2.45) is 0 Å². The molecule has 3 aromatic rings. The van der Waals surface area contributed by atoms with Gasteiger partial charge in [0.05, 0.1) is 11.8 Å². The van der Waals surface area contributed by atoms with Crippen LogP contribution in [0.2, 0.25) is 0 Å². The summed E-state index contributed by atoms with van der Waals surface area (Å²) in [6.45, 7) is 4.24. The standard InChI is InChI=1S/C15H17N5OS/c1-3-10(4-2)17-13-7-11(9-21)18-14(19-13)12-8-16-20-5-6-22-15(12)20/h5-10H,3-4H2,1-2H3,(H,17,18,19). The molecule has 0 amide bonds. The van der Waals surface area contributed by atoms with Crippen molar-refractivity contribution in [1.29, 1.82) is 0 Å². The van der Waals surface area contributed by atoms with Gasteiger partial charge < -0.3 is 5.32 Å². The van der Waals surface area contributed by atoms with Crippen molar-refractivity contribution in [2.45, 2.75) is 32.7 Å². The Bertz CT molecular complexity index is 790. The Morgan fingerprint density at radius 2 is 2.18 bits per heavy atom. The number of carbonyl (C=O) groups excluding carboxylic acids is 1. The highest BCUT2D eigenvalue weighted by atomic mass is 32.1. The molecule has 22 heavy (non-hydrogen) atoms. The zero-order valence-corrected chi connectivity index (χ0v) is 13.3. The maximum Gasteiger partial charge on any atom is 0.168 e. The van der Waals surface area contributed by atoms with Crippen molar-refractivity contribution >= 4 is 28.3 Å². The number of carbonyl (C=O) groups is 1. The minimum Gasteiger partial charge on any atom is -0.367 e. The molecule has 0 spiro atoms. The second-order valence-electron chi connectivity index (χ2n) is 4.99. The molecule has 0 aliphatic carbocycles. The summed E-state index contributed by atoms with van der Waals surface area (Å²) in [6, 6.07) is 2.01. The Kier molecular flexibility index (Phi) is 4.15. The lowest BCUT2D eigenvalue weighted by Crippen LogP contribution is -2.18. The van der Waals surface area contributed by atoms with Crippen LogP contribution < -0.4 is 5.32 Å². The largest absolute Gasteiger partial charge is 0.367 e. The van der Waals surface area contributed by atoms with E-state index >= 15 is 0 Å². The summed E-state index contributed by atoms with van der Waals surface area (Å²) in [4.78, 5) is 21.0. The van der Waals surface area contributed by atoms with Crippen LogP contribution in [0.4, 0.5) is 5.82 Å². The highest BCUT2D eigenvalue weighted by molar-refractivity contribution is 7.16. The Balaban J connectivity index is 2.04. The topological polar surface area (TPSA) is 72.2 Å². The Morgan fingerprint density at radius 1 is 1.36 bits per heavy atom. The predicted octanol–water partition coefficient (Wildman–Crippen LogP) is 3.27. The average molecular weight is 315 g/mol. The molecule has 0 saturated heterocycles. The van der Waals surface area contributed by atoms with Crippen LogP contribution in [-0.2, 0) is 0 Å². The second kappa shape index (κ2) is 6.23. The molecule has 0 saturated carbocycles. The third-order valence-electron chi connectivity index (χ3n) is 3.58. The van der Waals surface area contributed by atoms with E-state index < -0.39 is 0 Å². The van der Waals surface area contributed by atoms with Crippen LogP contribution in [-0.4, -0.2) is 31.9 Å². The van der Waals surface area contributed by atoms with Gasteiger partial charge in [0.1, 0.15) is 16.3 Å². The summed E-state index contributed by atoms with van der Waals surface area (Å²) in [5, 5.41) is 9.59. The number of hydrogen-bond acceptors (Lipinski definition) is 6. The molecule has 0 radical (unpaired) electrons. The Hall–Kier alpha value is -2.28. The van der Waals surface area contributed by atoms with Gasteiger partial charge in [0.25, 0.3) is 0 Å². The van der Waals surface area contributed by atoms with Crippen LogP contribution in [0.1, 0.15) is 37.2 Å². The summed E-state index contributed by atoms with van der Waals surface area (Å²) < 4.78 is 1.78. The van der Waals surface area contributed by atoms with E-state index in [1.54, 1.807) is 28.1 Å². The molecular formula is C15H17N5OS. The number of nitrogens with zero attached hydrogens (tertiary/aromatic N) is 4. The first kappa shape index (κ1) is 14.6. The lowest BCUT2D eigenvalue weighted by atomic mass is 10.2. The van der Waals surface area contributed by atoms with E-state index in [1.165, 1.54) is 0 Å². The molecular weight excluding hydrogens is 298 g/mol. The molecule has 3 aromatic heterocycles. The smallest absolute Gasteiger partial charge is 0.168 e. The van der Waals surface area contributed by atoms with Gasteiger partial charge in [-0.2, -0.15) is 5.10 Å². The summed E-state index contributed by atoms with van der Waals surface area (Å²) in [7, 11) is 0. The van der Waals surface area contributed by atoms with E-state index in [9.17, 15) is 4.79 Å². The molecule has 6 nitrogen and oxygen atoms in total. The fraction of sp³-hybridized carbons (Fsp3) is 0.333. The van der Waals surface area contributed by atoms with E-state index in [0.29, 0.717) is 23.4 Å². The number of fused-ring (bicyclic) bond motifs is 1. The minimum absolute atomic E-state index is 0.330. The van der Waals surface area contributed by atoms with Gasteiger partial charge in [-0.25, -0.2) is 14.5 Å². The number of rotatable bonds is 6. The van der Waals surface area contributed by atoms with Gasteiger partial charge in [0.15, 0.2) is 12.1 Å². The van der Waals surface area contributed by atoms with Crippen molar-refractivity contribution in [3.8, 4) is 11.4 Å². The van der Waals surface area contributed by atoms with Crippen LogP contribution in [0, 0.1) is 0 Å². The summed E-state index contributed by atoms with van der Waals surface area (Å²) in [5.41, 5.74) is 1.21. The molecule has 1 N–H and O–H groups in total. The quantitative estimate of drug-likeness (QED) is 0.707. The molecule has 0 atom stereocenters. The first-order chi connectivity index (χ1) is 10.7. The fourth-order valence-electron chi connectivity index (χ4n) is 2.30. The van der Waals surface area contributed by atoms with Crippen molar-refractivity contribution in [1.82, 2.24) is 19.6 Å². The molecule has 7 heteroatoms. The van der Waals surface area contributed by atoms with Crippen molar-refractivity contribution in [3.63, 3.8) is 0 Å². The number of aromatic nitrogens is 4. The SMILES string of the molecule is CCC(CC)Nc1cc(C=O)nc(-c2cnn3ccsc23)n1. The van der Waals surface area contributed by atoms with Crippen molar-refractivity contribution < 1.29 is 4.79 Å². The van der Waals surface area contributed by atoms with Crippen LogP contribution in [0.5, 0.6) is 0 Å². The Labute approximate surface area is 132 Å². The van der Waals surface area contributed by atoms with E-state index in [2.05, 4.69) is 34.2 Å². The predicted molar refractivity (Wildman–Crippen MR) is 87.5 cm³/mol. The third-order valence-corrected chi connectivity index (χ3v) is 4.46. The van der Waals surface area contributed by atoms with Gasteiger partial charge in [-0.3, -0.25) is 4.79 Å². The van der Waals surface area contributed by atoms with Crippen LogP contribution in [0.15, 0.2) is 23.8 Å². The number of thiazole rings is 1. The molecule has 3 rings (SSSR count). The number of aldehydes is 1. The number of anilines is 1. The highest BCUT2D eigenvalue weighted by Crippen LogP contribution is 2.26. The van der Waals surface area contributed by atoms with Crippen molar-refractivity contribution in [3.05, 3.63) is 29.5 Å². The van der Waals surface area contributed by atoms with Gasteiger partial charge in [-0.15, -0.1) is 11.3 Å². The zero-order valence-electron chi connectivity index (χ0n) is 12.5. The molecule has 0 unspecified atom stereocenters. The van der Waals surface area contributed by atoms with E-state index in [4.69, 9.17) is 0 Å². The van der Waals surface area contributed by atoms with E-state index in [-0.39, 0.29) is 0 Å². The van der Waals surface area contributed by atoms with Crippen molar-refractivity contribution in [2.75, 3.05) is 5.32 Å². The van der Waals surface area contributed by atoms with Crippen LogP contribution in [0.25, 0.3) is 16.2 Å². The van der Waals surface area contributed by atoms with Gasteiger partial charge >= 0.3 is 0 Å². The maximum atomic E-state index is 11.2. The summed E-state index contributed by atoms with van der Waals surface area (Å²) >= 11 is 1.57. The molecule has 114 valence electrons. The maximum absolute atomic E-state index is 11.2. The normalized spacial score (nSPS) is 11.2. The first-order valence-electron chi connectivity index (χ1n) is 7.27. The Morgan fingerprint density at radius 3 is 2.91 bits per heavy atom. The van der Waals surface area contributed by atoms with E-state index in [1.807, 2.05) is 11.6 Å². The van der Waals surface area contributed by atoms with Gasteiger partial charge in [-0.05, 0) is 12.8 Å². The number of hydrogen-bond donors (Lipinski definition) is 1. The third kappa shape index (κ3) is 2.71. The van der Waals surface area contributed by atoms with Gasteiger partial charge in [0, 0.05) is 23.7 Å². The minimum atomic E-state index is 0.330. The first-order valence-corrected chi connectivity index (χ1v) is 8.15. The summed E-state index contributed by atoms with van der Waals surface area (Å²) in [6.07, 6.45) is 6.36. The second-order valence-corrected chi connectivity index (χ2v) is 5.88. The van der Waals surface area contributed by atoms with Gasteiger partial charge in [0.2, 0.25) is 0 Å². The van der Waals surface area contributed by atoms with Crippen LogP contribution >= 0.6 is 11.3 Å². The average Bonchev–Trinajstić information content (AvgIpc) is 3.15. The molecule has 0 aliphatic rings. The monoisotopic (exact) mass is 315 g/mol. The molecule has 0 aromatic carbocycles.